The molecule has 1 N–H and O–H groups in total. The van der Waals surface area contributed by atoms with Gasteiger partial charge in [0.25, 0.3) is 0 Å². The van der Waals surface area contributed by atoms with Crippen molar-refractivity contribution in [3.63, 3.8) is 0 Å². The lowest BCUT2D eigenvalue weighted by Crippen LogP contribution is -2.21. The number of nitrogens with one attached hydrogen (secondary N) is 1. The van der Waals surface area contributed by atoms with Crippen LogP contribution in [0.4, 0.5) is 0 Å². The molecule has 0 fully saturated rings. The molecular weight excluding hydrogens is 226 g/mol. The van der Waals surface area contributed by atoms with Gasteiger partial charge in [0.15, 0.2) is 0 Å². The highest BCUT2D eigenvalue weighted by molar-refractivity contribution is 5.30. The van der Waals surface area contributed by atoms with Crippen LogP contribution in [0.15, 0.2) is 42.6 Å². The third-order valence-electron chi connectivity index (χ3n) is 2.71. The van der Waals surface area contributed by atoms with Crippen molar-refractivity contribution >= 4 is 0 Å². The number of nitrogens with zero attached hydrogens (tertiary/aromatic N) is 2. The Bertz CT molecular complexity index is 453. The summed E-state index contributed by atoms with van der Waals surface area (Å²) in [4.78, 5) is 0. The van der Waals surface area contributed by atoms with Crippen LogP contribution in [0.1, 0.15) is 5.69 Å². The fourth-order valence-corrected chi connectivity index (χ4v) is 1.74. The number of hydrogen-bond acceptors (Lipinski definition) is 3. The number of hydrogen-bond donors (Lipinski definition) is 1. The van der Waals surface area contributed by atoms with Crippen molar-refractivity contribution in [2.45, 2.75) is 6.42 Å². The Morgan fingerprint density at radius 3 is 2.78 bits per heavy atom. The van der Waals surface area contributed by atoms with E-state index in [-0.39, 0.29) is 0 Å². The number of ether oxygens (including phenoxy) is 1. The highest BCUT2D eigenvalue weighted by atomic mass is 16.5. The van der Waals surface area contributed by atoms with E-state index in [1.165, 1.54) is 0 Å². The Kier molecular flexibility index (Phi) is 4.93. The largest absolute Gasteiger partial charge is 0.383 e. The molecule has 0 atom stereocenters. The standard InChI is InChI=1S/C14H19N3O/c1-18-12-10-15-9-7-13-8-11-17(16-13)14-5-3-2-4-6-14/h2-6,8,11,15H,7,9-10,12H2,1H3. The van der Waals surface area contributed by atoms with Crippen molar-refractivity contribution in [2.24, 2.45) is 0 Å². The zero-order valence-corrected chi connectivity index (χ0v) is 10.7. The molecule has 0 aliphatic carbocycles. The summed E-state index contributed by atoms with van der Waals surface area (Å²) in [6.45, 7) is 2.56. The van der Waals surface area contributed by atoms with E-state index in [0.29, 0.717) is 0 Å². The van der Waals surface area contributed by atoms with E-state index in [9.17, 15) is 0 Å². The van der Waals surface area contributed by atoms with Gasteiger partial charge in [-0.15, -0.1) is 0 Å². The molecule has 4 heteroatoms. The van der Waals surface area contributed by atoms with Crippen molar-refractivity contribution < 1.29 is 4.74 Å². The molecule has 1 heterocycles. The maximum atomic E-state index is 4.97. The second-order valence-corrected chi connectivity index (χ2v) is 4.08. The van der Waals surface area contributed by atoms with Gasteiger partial charge in [0.05, 0.1) is 18.0 Å². The summed E-state index contributed by atoms with van der Waals surface area (Å²) < 4.78 is 6.88. The van der Waals surface area contributed by atoms with Gasteiger partial charge in [0.1, 0.15) is 0 Å². The highest BCUT2D eigenvalue weighted by Gasteiger charge is 2.00. The van der Waals surface area contributed by atoms with Gasteiger partial charge < -0.3 is 10.1 Å². The first-order chi connectivity index (χ1) is 8.90. The predicted octanol–water partition coefficient (Wildman–Crippen LogP) is 1.65. The number of benzene rings is 1. The molecular formula is C14H19N3O. The SMILES string of the molecule is COCCNCCc1ccn(-c2ccccc2)n1. The van der Waals surface area contributed by atoms with E-state index in [0.717, 1.165) is 37.5 Å². The molecule has 0 amide bonds. The first-order valence-corrected chi connectivity index (χ1v) is 6.20. The maximum absolute atomic E-state index is 4.97. The average Bonchev–Trinajstić information content (AvgIpc) is 2.88. The van der Waals surface area contributed by atoms with E-state index < -0.39 is 0 Å². The Labute approximate surface area is 108 Å². The normalized spacial score (nSPS) is 10.7. The van der Waals surface area contributed by atoms with Crippen molar-refractivity contribution in [2.75, 3.05) is 26.8 Å². The van der Waals surface area contributed by atoms with Crippen LogP contribution in [0.5, 0.6) is 0 Å². The quantitative estimate of drug-likeness (QED) is 0.754. The first-order valence-electron chi connectivity index (χ1n) is 6.20. The Balaban J connectivity index is 1.83. The second-order valence-electron chi connectivity index (χ2n) is 4.08. The summed E-state index contributed by atoms with van der Waals surface area (Å²) in [6, 6.07) is 12.2. The third-order valence-corrected chi connectivity index (χ3v) is 2.71. The fourth-order valence-electron chi connectivity index (χ4n) is 1.74. The molecule has 2 rings (SSSR count). The molecule has 96 valence electrons. The predicted molar refractivity (Wildman–Crippen MR) is 72.0 cm³/mol. The van der Waals surface area contributed by atoms with Gasteiger partial charge in [-0.2, -0.15) is 5.10 Å². The zero-order chi connectivity index (χ0) is 12.6. The molecule has 0 spiro atoms. The summed E-state index contributed by atoms with van der Waals surface area (Å²) >= 11 is 0. The summed E-state index contributed by atoms with van der Waals surface area (Å²) in [7, 11) is 1.71. The summed E-state index contributed by atoms with van der Waals surface area (Å²) in [5, 5.41) is 7.85. The lowest BCUT2D eigenvalue weighted by molar-refractivity contribution is 0.199. The lowest BCUT2D eigenvalue weighted by Gasteiger charge is -2.02. The zero-order valence-electron chi connectivity index (χ0n) is 10.7. The molecule has 0 radical (unpaired) electrons. The van der Waals surface area contributed by atoms with Crippen LogP contribution in [0, 0.1) is 0 Å². The highest BCUT2D eigenvalue weighted by Crippen LogP contribution is 2.06. The first kappa shape index (κ1) is 12.8. The molecule has 0 aliphatic heterocycles. The summed E-state index contributed by atoms with van der Waals surface area (Å²) in [6.07, 6.45) is 2.93. The van der Waals surface area contributed by atoms with Gasteiger partial charge in [-0.05, 0) is 18.2 Å². The third kappa shape index (κ3) is 3.68. The molecule has 18 heavy (non-hydrogen) atoms. The fraction of sp³-hybridized carbons (Fsp3) is 0.357. The second kappa shape index (κ2) is 6.93. The van der Waals surface area contributed by atoms with Crippen LogP contribution < -0.4 is 5.32 Å². The molecule has 4 nitrogen and oxygen atoms in total. The minimum absolute atomic E-state index is 0.748. The van der Waals surface area contributed by atoms with Gasteiger partial charge in [-0.25, -0.2) is 4.68 Å². The van der Waals surface area contributed by atoms with E-state index in [1.54, 1.807) is 7.11 Å². The van der Waals surface area contributed by atoms with Crippen LogP contribution in [0.3, 0.4) is 0 Å². The van der Waals surface area contributed by atoms with Crippen molar-refractivity contribution in [3.05, 3.63) is 48.3 Å². The molecule has 2 aromatic rings. The van der Waals surface area contributed by atoms with Crippen LogP contribution in [-0.2, 0) is 11.2 Å². The Morgan fingerprint density at radius 1 is 1.17 bits per heavy atom. The summed E-state index contributed by atoms with van der Waals surface area (Å²) in [5.41, 5.74) is 2.19. The van der Waals surface area contributed by atoms with E-state index in [4.69, 9.17) is 4.74 Å². The topological polar surface area (TPSA) is 39.1 Å². The maximum Gasteiger partial charge on any atom is 0.0645 e. The van der Waals surface area contributed by atoms with Crippen molar-refractivity contribution in [3.8, 4) is 5.69 Å². The number of rotatable bonds is 7. The van der Waals surface area contributed by atoms with Crippen LogP contribution in [-0.4, -0.2) is 36.6 Å². The molecule has 0 unspecified atom stereocenters. The van der Waals surface area contributed by atoms with Gasteiger partial charge in [-0.1, -0.05) is 18.2 Å². The Morgan fingerprint density at radius 2 is 2.00 bits per heavy atom. The van der Waals surface area contributed by atoms with Gasteiger partial charge in [0, 0.05) is 32.8 Å². The average molecular weight is 245 g/mol. The molecule has 0 saturated carbocycles. The van der Waals surface area contributed by atoms with E-state index >= 15 is 0 Å². The number of aromatic nitrogens is 2. The molecule has 0 saturated heterocycles. The van der Waals surface area contributed by atoms with E-state index in [1.807, 2.05) is 41.2 Å². The Hall–Kier alpha value is -1.65. The smallest absolute Gasteiger partial charge is 0.0645 e. The molecule has 1 aromatic carbocycles. The van der Waals surface area contributed by atoms with Gasteiger partial charge >= 0.3 is 0 Å². The van der Waals surface area contributed by atoms with Crippen molar-refractivity contribution in [1.29, 1.82) is 0 Å². The van der Waals surface area contributed by atoms with E-state index in [2.05, 4.69) is 16.5 Å². The van der Waals surface area contributed by atoms with Crippen LogP contribution in [0.25, 0.3) is 5.69 Å². The molecule has 0 bridgehead atoms. The van der Waals surface area contributed by atoms with Crippen LogP contribution >= 0.6 is 0 Å². The van der Waals surface area contributed by atoms with Crippen molar-refractivity contribution in [1.82, 2.24) is 15.1 Å². The summed E-state index contributed by atoms with van der Waals surface area (Å²) in [5.74, 6) is 0. The minimum Gasteiger partial charge on any atom is -0.383 e. The minimum atomic E-state index is 0.748. The number of para-hydroxylation sites is 1. The number of methoxy groups -OCH3 is 1. The van der Waals surface area contributed by atoms with Crippen LogP contribution in [0.2, 0.25) is 0 Å². The van der Waals surface area contributed by atoms with Gasteiger partial charge in [0.2, 0.25) is 0 Å². The molecule has 0 aliphatic rings. The van der Waals surface area contributed by atoms with Gasteiger partial charge in [-0.3, -0.25) is 0 Å². The monoisotopic (exact) mass is 245 g/mol. The lowest BCUT2D eigenvalue weighted by atomic mass is 10.3. The molecule has 1 aromatic heterocycles.